The first-order valence-corrected chi connectivity index (χ1v) is 16.0. The number of carboxylic acid groups (broad SMARTS) is 1. The number of nitrogens with one attached hydrogen (secondary N) is 5. The number of aliphatic carboxylic acids is 1. The highest BCUT2D eigenvalue weighted by Crippen LogP contribution is 2.21. The zero-order valence-corrected chi connectivity index (χ0v) is 27.2. The fourth-order valence-electron chi connectivity index (χ4n) is 5.66. The standard InChI is InChI=1S/C34H45N9O5/c1-19(2)14-24(35)30(44)41-27(12-7-13-38-34(36)37)31(45)42-28(15-20-17-39-25-10-5-3-8-22(20)25)32(46)43-29(33(47)48)16-21-18-40-26-11-6-4-9-23(21)26/h3-6,8-11,17-19,24,27-29,39-40H,7,12-16,35H2,1-2H3,(H,41,44)(H,42,45)(H,43,46)(H,47,48)(H4,36,37,38). The van der Waals surface area contributed by atoms with Crippen molar-refractivity contribution in [3.05, 3.63) is 72.1 Å². The van der Waals surface area contributed by atoms with Gasteiger partial charge in [0.15, 0.2) is 5.96 Å². The average molecular weight is 660 g/mol. The monoisotopic (exact) mass is 659 g/mol. The van der Waals surface area contributed by atoms with Crippen LogP contribution in [0.4, 0.5) is 0 Å². The summed E-state index contributed by atoms with van der Waals surface area (Å²) >= 11 is 0. The van der Waals surface area contributed by atoms with Crippen LogP contribution >= 0.6 is 0 Å². The quantitative estimate of drug-likeness (QED) is 0.0454. The molecule has 0 aliphatic carbocycles. The Hall–Kier alpha value is -5.37. The molecule has 14 nitrogen and oxygen atoms in total. The van der Waals surface area contributed by atoms with Gasteiger partial charge in [-0.05, 0) is 48.4 Å². The summed E-state index contributed by atoms with van der Waals surface area (Å²) < 4.78 is 0. The molecule has 0 fully saturated rings. The van der Waals surface area contributed by atoms with Crippen LogP contribution in [-0.2, 0) is 32.0 Å². The topological polar surface area (TPSA) is 247 Å². The van der Waals surface area contributed by atoms with Gasteiger partial charge in [0.05, 0.1) is 6.04 Å². The highest BCUT2D eigenvalue weighted by molar-refractivity contribution is 5.95. The van der Waals surface area contributed by atoms with Crippen LogP contribution in [0, 0.1) is 5.92 Å². The summed E-state index contributed by atoms with van der Waals surface area (Å²) in [6.07, 6.45) is 4.43. The van der Waals surface area contributed by atoms with Gasteiger partial charge in [0, 0.05) is 53.6 Å². The lowest BCUT2D eigenvalue weighted by Gasteiger charge is -2.25. The molecular formula is C34H45N9O5. The Bertz CT molecular complexity index is 1760. The Balaban J connectivity index is 1.58. The number of amides is 3. The van der Waals surface area contributed by atoms with Crippen molar-refractivity contribution >= 4 is 51.5 Å². The van der Waals surface area contributed by atoms with E-state index >= 15 is 0 Å². The Kier molecular flexibility index (Phi) is 12.2. The van der Waals surface area contributed by atoms with E-state index in [1.807, 2.05) is 62.4 Å². The van der Waals surface area contributed by atoms with Crippen LogP contribution in [0.15, 0.2) is 65.9 Å². The molecule has 4 rings (SSSR count). The number of carboxylic acids is 1. The van der Waals surface area contributed by atoms with E-state index in [-0.39, 0.29) is 37.7 Å². The maximum absolute atomic E-state index is 13.9. The molecule has 2 aromatic carbocycles. The van der Waals surface area contributed by atoms with Crippen molar-refractivity contribution in [2.75, 3.05) is 6.54 Å². The number of aromatic nitrogens is 2. The van der Waals surface area contributed by atoms with Crippen LogP contribution in [-0.4, -0.2) is 75.4 Å². The van der Waals surface area contributed by atoms with Crippen LogP contribution in [0.2, 0.25) is 0 Å². The molecular weight excluding hydrogens is 614 g/mol. The molecule has 0 aliphatic heterocycles. The fourth-order valence-corrected chi connectivity index (χ4v) is 5.66. The lowest BCUT2D eigenvalue weighted by Crippen LogP contribution is -2.58. The molecule has 14 heteroatoms. The Morgan fingerprint density at radius 2 is 1.27 bits per heavy atom. The van der Waals surface area contributed by atoms with Gasteiger partial charge in [0.1, 0.15) is 18.1 Å². The lowest BCUT2D eigenvalue weighted by atomic mass is 10.0. The molecule has 2 heterocycles. The van der Waals surface area contributed by atoms with Crippen LogP contribution in [0.5, 0.6) is 0 Å². The maximum atomic E-state index is 13.9. The molecule has 12 N–H and O–H groups in total. The number of hydrogen-bond donors (Lipinski definition) is 9. The summed E-state index contributed by atoms with van der Waals surface area (Å²) in [5, 5.41) is 20.0. The minimum absolute atomic E-state index is 0.00997. The minimum Gasteiger partial charge on any atom is -0.480 e. The third-order valence-corrected chi connectivity index (χ3v) is 8.09. The van der Waals surface area contributed by atoms with Crippen molar-refractivity contribution in [3.63, 3.8) is 0 Å². The first kappa shape index (κ1) is 35.5. The van der Waals surface area contributed by atoms with Gasteiger partial charge in [-0.3, -0.25) is 19.4 Å². The van der Waals surface area contributed by atoms with Crippen LogP contribution in [0.25, 0.3) is 21.8 Å². The van der Waals surface area contributed by atoms with E-state index in [9.17, 15) is 24.3 Å². The smallest absolute Gasteiger partial charge is 0.326 e. The molecule has 3 amide bonds. The summed E-state index contributed by atoms with van der Waals surface area (Å²) in [6, 6.07) is 10.6. The van der Waals surface area contributed by atoms with Gasteiger partial charge in [0.2, 0.25) is 17.7 Å². The van der Waals surface area contributed by atoms with Gasteiger partial charge in [0.25, 0.3) is 0 Å². The summed E-state index contributed by atoms with van der Waals surface area (Å²) in [5.74, 6) is -3.01. The molecule has 48 heavy (non-hydrogen) atoms. The molecule has 0 radical (unpaired) electrons. The van der Waals surface area contributed by atoms with Crippen molar-refractivity contribution in [2.45, 2.75) is 70.1 Å². The van der Waals surface area contributed by atoms with Gasteiger partial charge < -0.3 is 48.2 Å². The van der Waals surface area contributed by atoms with Crippen molar-refractivity contribution < 1.29 is 24.3 Å². The normalized spacial score (nSPS) is 13.8. The Morgan fingerprint density at radius 1 is 0.771 bits per heavy atom. The summed E-state index contributed by atoms with van der Waals surface area (Å²) in [4.78, 5) is 63.3. The van der Waals surface area contributed by atoms with E-state index < -0.39 is 47.9 Å². The maximum Gasteiger partial charge on any atom is 0.326 e. The summed E-state index contributed by atoms with van der Waals surface area (Å²) in [6.45, 7) is 4.08. The molecule has 0 bridgehead atoms. The highest BCUT2D eigenvalue weighted by Gasteiger charge is 2.31. The van der Waals surface area contributed by atoms with E-state index in [0.29, 0.717) is 12.8 Å². The number of carbonyl (C=O) groups excluding carboxylic acids is 3. The number of hydrogen-bond acceptors (Lipinski definition) is 6. The second-order valence-electron chi connectivity index (χ2n) is 12.3. The predicted octanol–water partition coefficient (Wildman–Crippen LogP) is 1.40. The van der Waals surface area contributed by atoms with Gasteiger partial charge in [-0.2, -0.15) is 0 Å². The average Bonchev–Trinajstić information content (AvgIpc) is 3.65. The number of H-pyrrole nitrogens is 2. The molecule has 256 valence electrons. The summed E-state index contributed by atoms with van der Waals surface area (Å²) in [5.41, 5.74) is 20.1. The van der Waals surface area contributed by atoms with E-state index in [1.165, 1.54) is 0 Å². The number of nitrogens with two attached hydrogens (primary N) is 3. The molecule has 0 spiro atoms. The number of aliphatic imine (C=N–C) groups is 1. The van der Waals surface area contributed by atoms with Crippen molar-refractivity contribution in [3.8, 4) is 0 Å². The predicted molar refractivity (Wildman–Crippen MR) is 185 cm³/mol. The minimum atomic E-state index is -1.29. The third kappa shape index (κ3) is 9.58. The third-order valence-electron chi connectivity index (χ3n) is 8.09. The molecule has 0 saturated heterocycles. The van der Waals surface area contributed by atoms with Crippen molar-refractivity contribution in [1.82, 2.24) is 25.9 Å². The zero-order chi connectivity index (χ0) is 34.8. The second kappa shape index (κ2) is 16.5. The zero-order valence-electron chi connectivity index (χ0n) is 27.2. The molecule has 4 unspecified atom stereocenters. The number of carbonyl (C=O) groups is 4. The number of aromatic amines is 2. The first-order chi connectivity index (χ1) is 22.9. The number of nitrogens with zero attached hydrogens (tertiary/aromatic N) is 1. The van der Waals surface area contributed by atoms with Gasteiger partial charge >= 0.3 is 5.97 Å². The second-order valence-corrected chi connectivity index (χ2v) is 12.3. The SMILES string of the molecule is CC(C)CC(N)C(=O)NC(CCCN=C(N)N)C(=O)NC(Cc1c[nH]c2ccccc12)C(=O)NC(Cc1c[nH]c2ccccc12)C(=O)O. The van der Waals surface area contributed by atoms with Crippen molar-refractivity contribution in [1.29, 1.82) is 0 Å². The number of benzene rings is 2. The van der Waals surface area contributed by atoms with Crippen LogP contribution < -0.4 is 33.2 Å². The molecule has 4 atom stereocenters. The Morgan fingerprint density at radius 3 is 1.81 bits per heavy atom. The molecule has 0 saturated carbocycles. The first-order valence-electron chi connectivity index (χ1n) is 16.0. The molecule has 0 aliphatic rings. The highest BCUT2D eigenvalue weighted by atomic mass is 16.4. The van der Waals surface area contributed by atoms with E-state index in [2.05, 4.69) is 30.9 Å². The van der Waals surface area contributed by atoms with Crippen molar-refractivity contribution in [2.24, 2.45) is 28.1 Å². The van der Waals surface area contributed by atoms with Gasteiger partial charge in [-0.25, -0.2) is 4.79 Å². The molecule has 2 aromatic heterocycles. The van der Waals surface area contributed by atoms with Gasteiger partial charge in [-0.15, -0.1) is 0 Å². The van der Waals surface area contributed by atoms with Crippen LogP contribution in [0.1, 0.15) is 44.2 Å². The largest absolute Gasteiger partial charge is 0.480 e. The number of fused-ring (bicyclic) bond motifs is 2. The van der Waals surface area contributed by atoms with E-state index in [4.69, 9.17) is 17.2 Å². The van der Waals surface area contributed by atoms with Crippen LogP contribution in [0.3, 0.4) is 0 Å². The van der Waals surface area contributed by atoms with E-state index in [1.54, 1.807) is 12.4 Å². The van der Waals surface area contributed by atoms with Gasteiger partial charge in [-0.1, -0.05) is 50.2 Å². The Labute approximate surface area is 278 Å². The molecule has 4 aromatic rings. The number of rotatable bonds is 17. The van der Waals surface area contributed by atoms with E-state index in [0.717, 1.165) is 32.9 Å². The number of para-hydroxylation sites is 2. The summed E-state index contributed by atoms with van der Waals surface area (Å²) in [7, 11) is 0. The fraction of sp³-hybridized carbons (Fsp3) is 0.382. The number of guanidine groups is 1. The lowest BCUT2D eigenvalue weighted by molar-refractivity contribution is -0.142.